The number of hydrogen-bond donors (Lipinski definition) is 3. The number of aliphatic hydroxyl groups is 2. The molecule has 2 rings (SSSR count). The number of halogens is 1. The summed E-state index contributed by atoms with van der Waals surface area (Å²) in [7, 11) is 1.66. The highest BCUT2D eigenvalue weighted by molar-refractivity contribution is 5.85. The van der Waals surface area contributed by atoms with E-state index < -0.39 is 12.2 Å². The van der Waals surface area contributed by atoms with Crippen LogP contribution in [0, 0.1) is 0 Å². The number of aliphatic hydroxyl groups excluding tert-OH is 2. The molecule has 0 spiro atoms. The maximum atomic E-state index is 10.2. The van der Waals surface area contributed by atoms with Gasteiger partial charge in [0.15, 0.2) is 0 Å². The average Bonchev–Trinajstić information content (AvgIpc) is 2.65. The third-order valence-corrected chi connectivity index (χ3v) is 4.43. The lowest BCUT2D eigenvalue weighted by molar-refractivity contribution is 0.0988. The lowest BCUT2D eigenvalue weighted by Crippen LogP contribution is -2.46. The van der Waals surface area contributed by atoms with Gasteiger partial charge in [0.05, 0.1) is 13.2 Å². The molecule has 0 fully saturated rings. The molecule has 0 saturated carbocycles. The lowest BCUT2D eigenvalue weighted by atomic mass is 9.94. The fourth-order valence-electron chi connectivity index (χ4n) is 2.80. The van der Waals surface area contributed by atoms with Gasteiger partial charge in [0.1, 0.15) is 24.2 Å². The fourth-order valence-corrected chi connectivity index (χ4v) is 2.80. The average molecular weight is 410 g/mol. The molecule has 0 aliphatic rings. The van der Waals surface area contributed by atoms with Crippen molar-refractivity contribution in [2.75, 3.05) is 20.3 Å². The predicted octanol–water partition coefficient (Wildman–Crippen LogP) is 3.52. The zero-order valence-electron chi connectivity index (χ0n) is 17.0. The van der Waals surface area contributed by atoms with Crippen molar-refractivity contribution in [3.63, 3.8) is 0 Å². The van der Waals surface area contributed by atoms with E-state index in [9.17, 15) is 10.2 Å². The third kappa shape index (κ3) is 8.07. The Bertz CT molecular complexity index is 687. The highest BCUT2D eigenvalue weighted by atomic mass is 35.5. The van der Waals surface area contributed by atoms with Crippen LogP contribution < -0.4 is 14.8 Å². The van der Waals surface area contributed by atoms with E-state index in [0.717, 1.165) is 17.7 Å². The van der Waals surface area contributed by atoms with Crippen LogP contribution in [-0.4, -0.2) is 42.1 Å². The molecule has 2 atom stereocenters. The first-order valence-electron chi connectivity index (χ1n) is 9.26. The second-order valence-electron chi connectivity index (χ2n) is 7.50. The van der Waals surface area contributed by atoms with Gasteiger partial charge in [-0.3, -0.25) is 0 Å². The van der Waals surface area contributed by atoms with Gasteiger partial charge in [-0.25, -0.2) is 0 Å². The maximum absolute atomic E-state index is 10.2. The van der Waals surface area contributed by atoms with Crippen molar-refractivity contribution in [1.82, 2.24) is 5.32 Å². The lowest BCUT2D eigenvalue weighted by Gasteiger charge is -2.28. The monoisotopic (exact) mass is 409 g/mol. The molecular weight excluding hydrogens is 378 g/mol. The number of hydrogen-bond acceptors (Lipinski definition) is 5. The first kappa shape index (κ1) is 24.2. The van der Waals surface area contributed by atoms with Crippen LogP contribution >= 0.6 is 12.4 Å². The molecule has 6 heteroatoms. The minimum atomic E-state index is -0.614. The summed E-state index contributed by atoms with van der Waals surface area (Å²) >= 11 is 0. The molecule has 0 aliphatic carbocycles. The van der Waals surface area contributed by atoms with E-state index in [1.54, 1.807) is 26.2 Å². The van der Waals surface area contributed by atoms with Crippen LogP contribution in [0.15, 0.2) is 48.5 Å². The van der Waals surface area contributed by atoms with Gasteiger partial charge in [-0.15, -0.1) is 12.4 Å². The van der Waals surface area contributed by atoms with Crippen molar-refractivity contribution < 1.29 is 19.7 Å². The van der Waals surface area contributed by atoms with E-state index in [-0.39, 0.29) is 24.6 Å². The summed E-state index contributed by atoms with van der Waals surface area (Å²) in [6, 6.07) is 15.3. The van der Waals surface area contributed by atoms with Gasteiger partial charge in [-0.05, 0) is 62.6 Å². The van der Waals surface area contributed by atoms with Gasteiger partial charge in [0, 0.05) is 12.1 Å². The van der Waals surface area contributed by atoms with Crippen LogP contribution in [0.1, 0.15) is 38.0 Å². The largest absolute Gasteiger partial charge is 0.497 e. The van der Waals surface area contributed by atoms with Crippen LogP contribution in [0.5, 0.6) is 11.5 Å². The summed E-state index contributed by atoms with van der Waals surface area (Å²) in [5.41, 5.74) is 1.89. The molecule has 28 heavy (non-hydrogen) atoms. The standard InChI is InChI=1S/C22H31NO4.ClH/c1-16(24)18-7-11-21(12-8-18)27-15-19(25)14-23-22(2,3)13-17-5-9-20(26-4)10-6-17;/h5-12,16,19,23-25H,13-15H2,1-4H3;1H/t16-,19-;/m1./s1. The number of nitrogens with one attached hydrogen (secondary N) is 1. The second kappa shape index (κ2) is 11.3. The highest BCUT2D eigenvalue weighted by Crippen LogP contribution is 2.18. The Labute approximate surface area is 174 Å². The highest BCUT2D eigenvalue weighted by Gasteiger charge is 2.19. The smallest absolute Gasteiger partial charge is 0.119 e. The summed E-state index contributed by atoms with van der Waals surface area (Å²) in [5, 5.41) is 23.1. The molecule has 0 heterocycles. The molecule has 2 aromatic carbocycles. The molecular formula is C22H32ClNO4. The molecule has 2 aromatic rings. The van der Waals surface area contributed by atoms with E-state index in [1.807, 2.05) is 24.3 Å². The van der Waals surface area contributed by atoms with Crippen molar-refractivity contribution in [1.29, 1.82) is 0 Å². The third-order valence-electron chi connectivity index (χ3n) is 4.43. The zero-order chi connectivity index (χ0) is 19.9. The number of methoxy groups -OCH3 is 1. The Kier molecular flexibility index (Phi) is 9.76. The Morgan fingerprint density at radius 3 is 2.07 bits per heavy atom. The predicted molar refractivity (Wildman–Crippen MR) is 115 cm³/mol. The first-order chi connectivity index (χ1) is 12.8. The van der Waals surface area contributed by atoms with Gasteiger partial charge < -0.3 is 25.0 Å². The van der Waals surface area contributed by atoms with Gasteiger partial charge in [0.25, 0.3) is 0 Å². The molecule has 0 aromatic heterocycles. The van der Waals surface area contributed by atoms with E-state index in [1.165, 1.54) is 5.56 Å². The van der Waals surface area contributed by atoms with Crippen LogP contribution in [0.2, 0.25) is 0 Å². The Balaban J connectivity index is 0.00000392. The topological polar surface area (TPSA) is 71.0 Å². The Morgan fingerprint density at radius 1 is 0.964 bits per heavy atom. The van der Waals surface area contributed by atoms with Crippen LogP contribution in [-0.2, 0) is 6.42 Å². The summed E-state index contributed by atoms with van der Waals surface area (Å²) < 4.78 is 10.8. The molecule has 156 valence electrons. The second-order valence-corrected chi connectivity index (χ2v) is 7.50. The van der Waals surface area contributed by atoms with Crippen LogP contribution in [0.25, 0.3) is 0 Å². The van der Waals surface area contributed by atoms with E-state index in [2.05, 4.69) is 31.3 Å². The summed E-state index contributed by atoms with van der Waals surface area (Å²) in [6.45, 7) is 6.59. The quantitative estimate of drug-likeness (QED) is 0.560. The van der Waals surface area contributed by atoms with Gasteiger partial charge >= 0.3 is 0 Å². The van der Waals surface area contributed by atoms with E-state index in [0.29, 0.717) is 12.3 Å². The van der Waals surface area contributed by atoms with Crippen molar-refractivity contribution in [3.8, 4) is 11.5 Å². The first-order valence-corrected chi connectivity index (χ1v) is 9.26. The fraction of sp³-hybridized carbons (Fsp3) is 0.455. The zero-order valence-corrected chi connectivity index (χ0v) is 17.8. The summed E-state index contributed by atoms with van der Waals surface area (Å²) in [4.78, 5) is 0. The van der Waals surface area contributed by atoms with Crippen LogP contribution in [0.4, 0.5) is 0 Å². The number of benzene rings is 2. The molecule has 0 unspecified atom stereocenters. The SMILES string of the molecule is COc1ccc(CC(C)(C)NC[C@@H](O)COc2ccc([C@@H](C)O)cc2)cc1.Cl. The minimum absolute atomic E-state index is 0. The number of β-amino-alcohol motifs (C(OH)–C–C–N with tert-alkyl or cyclic N) is 1. The Morgan fingerprint density at radius 2 is 1.54 bits per heavy atom. The molecule has 5 nitrogen and oxygen atoms in total. The van der Waals surface area contributed by atoms with Crippen molar-refractivity contribution in [3.05, 3.63) is 59.7 Å². The maximum Gasteiger partial charge on any atom is 0.119 e. The van der Waals surface area contributed by atoms with Crippen LogP contribution in [0.3, 0.4) is 0 Å². The number of rotatable bonds is 10. The molecule has 0 bridgehead atoms. The van der Waals surface area contributed by atoms with Crippen molar-refractivity contribution >= 4 is 12.4 Å². The molecule has 0 radical (unpaired) electrons. The Hall–Kier alpha value is -1.79. The van der Waals surface area contributed by atoms with E-state index >= 15 is 0 Å². The molecule has 3 N–H and O–H groups in total. The summed E-state index contributed by atoms with van der Waals surface area (Å²) in [5.74, 6) is 1.52. The molecule has 0 saturated heterocycles. The molecule has 0 amide bonds. The van der Waals surface area contributed by atoms with Gasteiger partial charge in [-0.1, -0.05) is 24.3 Å². The van der Waals surface area contributed by atoms with E-state index in [4.69, 9.17) is 9.47 Å². The van der Waals surface area contributed by atoms with Crippen molar-refractivity contribution in [2.45, 2.75) is 44.9 Å². The molecule has 0 aliphatic heterocycles. The van der Waals surface area contributed by atoms with Gasteiger partial charge in [-0.2, -0.15) is 0 Å². The minimum Gasteiger partial charge on any atom is -0.497 e. The van der Waals surface area contributed by atoms with Gasteiger partial charge in [0.2, 0.25) is 0 Å². The summed E-state index contributed by atoms with van der Waals surface area (Å²) in [6.07, 6.45) is -0.274. The normalized spacial score (nSPS) is 13.4. The number of ether oxygens (including phenoxy) is 2. The van der Waals surface area contributed by atoms with Crippen molar-refractivity contribution in [2.24, 2.45) is 0 Å².